The number of nitrogens with one attached hydrogen (secondary N) is 1. The molecule has 0 saturated carbocycles. The van der Waals surface area contributed by atoms with E-state index in [1.165, 1.54) is 4.90 Å². The number of urea groups is 1. The lowest BCUT2D eigenvalue weighted by Gasteiger charge is -2.18. The monoisotopic (exact) mass is 284 g/mol. The molecule has 0 heterocycles. The minimum absolute atomic E-state index is 0.0567. The van der Waals surface area contributed by atoms with Crippen molar-refractivity contribution in [3.63, 3.8) is 0 Å². The number of carbonyl (C=O) groups excluding carboxylic acids is 1. The normalized spacial score (nSPS) is 10.0. The predicted octanol–water partition coefficient (Wildman–Crippen LogP) is 2.35. The third kappa shape index (κ3) is 6.10. The van der Waals surface area contributed by atoms with Gasteiger partial charge in [-0.2, -0.15) is 0 Å². The number of aliphatic carboxylic acids is 1. The molecular weight excluding hydrogens is 268 g/mol. The summed E-state index contributed by atoms with van der Waals surface area (Å²) in [5, 5.41) is 11.8. The highest BCUT2D eigenvalue weighted by Gasteiger charge is 2.08. The molecule has 6 heteroatoms. The molecule has 104 valence electrons. The molecule has 0 aliphatic rings. The second kappa shape index (κ2) is 7.63. The minimum Gasteiger partial charge on any atom is -0.481 e. The number of carboxylic acid groups (broad SMARTS) is 1. The smallest absolute Gasteiger partial charge is 0.317 e. The van der Waals surface area contributed by atoms with Gasteiger partial charge in [-0.05, 0) is 24.1 Å². The maximum absolute atomic E-state index is 11.7. The van der Waals surface area contributed by atoms with Crippen LogP contribution in [0.25, 0.3) is 0 Å². The van der Waals surface area contributed by atoms with Crippen molar-refractivity contribution >= 4 is 23.6 Å². The number of hydrogen-bond donors (Lipinski definition) is 2. The first-order chi connectivity index (χ1) is 8.99. The summed E-state index contributed by atoms with van der Waals surface area (Å²) in [4.78, 5) is 23.5. The van der Waals surface area contributed by atoms with Gasteiger partial charge in [0.15, 0.2) is 0 Å². The second-order valence-corrected chi connectivity index (χ2v) is 4.65. The highest BCUT2D eigenvalue weighted by Crippen LogP contribution is 2.10. The van der Waals surface area contributed by atoms with Crippen molar-refractivity contribution in [2.24, 2.45) is 0 Å². The molecule has 0 aromatic heterocycles. The number of carbonyl (C=O) groups is 2. The van der Waals surface area contributed by atoms with Crippen LogP contribution in [0.1, 0.15) is 18.4 Å². The van der Waals surface area contributed by atoms with Crippen LogP contribution in [0, 0.1) is 0 Å². The SMILES string of the molecule is CN(Cc1ccc(Cl)cc1)C(=O)NCCCC(=O)O. The van der Waals surface area contributed by atoms with Crippen LogP contribution in [-0.2, 0) is 11.3 Å². The first-order valence-corrected chi connectivity index (χ1v) is 6.32. The zero-order valence-corrected chi connectivity index (χ0v) is 11.5. The van der Waals surface area contributed by atoms with E-state index in [-0.39, 0.29) is 12.5 Å². The number of benzene rings is 1. The average Bonchev–Trinajstić information content (AvgIpc) is 2.36. The molecule has 5 nitrogen and oxygen atoms in total. The summed E-state index contributed by atoms with van der Waals surface area (Å²) in [6.45, 7) is 0.831. The van der Waals surface area contributed by atoms with Crippen LogP contribution in [0.2, 0.25) is 5.02 Å². The van der Waals surface area contributed by atoms with E-state index in [2.05, 4.69) is 5.32 Å². The zero-order chi connectivity index (χ0) is 14.3. The van der Waals surface area contributed by atoms with Gasteiger partial charge in [-0.25, -0.2) is 4.79 Å². The van der Waals surface area contributed by atoms with E-state index in [9.17, 15) is 9.59 Å². The molecule has 1 aromatic carbocycles. The summed E-state index contributed by atoms with van der Waals surface area (Å²) in [6.07, 6.45) is 0.483. The predicted molar refractivity (Wildman–Crippen MR) is 73.2 cm³/mol. The fourth-order valence-electron chi connectivity index (χ4n) is 1.51. The van der Waals surface area contributed by atoms with E-state index in [0.29, 0.717) is 24.5 Å². The van der Waals surface area contributed by atoms with Gasteiger partial charge in [-0.1, -0.05) is 23.7 Å². The van der Waals surface area contributed by atoms with Crippen LogP contribution in [-0.4, -0.2) is 35.6 Å². The van der Waals surface area contributed by atoms with Crippen molar-refractivity contribution in [1.82, 2.24) is 10.2 Å². The van der Waals surface area contributed by atoms with Gasteiger partial charge in [0, 0.05) is 31.6 Å². The highest BCUT2D eigenvalue weighted by molar-refractivity contribution is 6.30. The standard InChI is InChI=1S/C13H17ClN2O3/c1-16(9-10-4-6-11(14)7-5-10)13(19)15-8-2-3-12(17)18/h4-7H,2-3,8-9H2,1H3,(H,15,19)(H,17,18). The van der Waals surface area contributed by atoms with Gasteiger partial charge >= 0.3 is 12.0 Å². The van der Waals surface area contributed by atoms with Crippen molar-refractivity contribution in [3.8, 4) is 0 Å². The molecule has 1 aromatic rings. The average molecular weight is 285 g/mol. The van der Waals surface area contributed by atoms with E-state index < -0.39 is 5.97 Å². The van der Waals surface area contributed by atoms with Crippen molar-refractivity contribution in [2.45, 2.75) is 19.4 Å². The Bertz CT molecular complexity index is 434. The number of rotatable bonds is 6. The van der Waals surface area contributed by atoms with Crippen molar-refractivity contribution in [2.75, 3.05) is 13.6 Å². The Labute approximate surface area is 117 Å². The molecule has 0 radical (unpaired) electrons. The number of carboxylic acids is 1. The first-order valence-electron chi connectivity index (χ1n) is 5.94. The van der Waals surface area contributed by atoms with Crippen molar-refractivity contribution in [1.29, 1.82) is 0 Å². The Morgan fingerprint density at radius 3 is 2.53 bits per heavy atom. The van der Waals surface area contributed by atoms with Crippen LogP contribution >= 0.6 is 11.6 Å². The molecule has 0 fully saturated rings. The fraction of sp³-hybridized carbons (Fsp3) is 0.385. The van der Waals surface area contributed by atoms with E-state index in [4.69, 9.17) is 16.7 Å². The fourth-order valence-corrected chi connectivity index (χ4v) is 1.63. The number of nitrogens with zero attached hydrogens (tertiary/aromatic N) is 1. The lowest BCUT2D eigenvalue weighted by Crippen LogP contribution is -2.37. The summed E-state index contributed by atoms with van der Waals surface area (Å²) in [5.74, 6) is -0.858. The van der Waals surface area contributed by atoms with Crippen LogP contribution in [0.4, 0.5) is 4.79 Å². The summed E-state index contributed by atoms with van der Waals surface area (Å²) in [6, 6.07) is 7.04. The molecule has 0 atom stereocenters. The van der Waals surface area contributed by atoms with Crippen LogP contribution in [0.3, 0.4) is 0 Å². The van der Waals surface area contributed by atoms with Crippen LogP contribution in [0.5, 0.6) is 0 Å². The van der Waals surface area contributed by atoms with Gasteiger partial charge in [-0.15, -0.1) is 0 Å². The summed E-state index contributed by atoms with van der Waals surface area (Å²) in [7, 11) is 1.68. The Morgan fingerprint density at radius 1 is 1.32 bits per heavy atom. The lowest BCUT2D eigenvalue weighted by molar-refractivity contribution is -0.137. The maximum atomic E-state index is 11.7. The van der Waals surface area contributed by atoms with Crippen molar-refractivity contribution in [3.05, 3.63) is 34.9 Å². The Balaban J connectivity index is 2.32. The third-order valence-corrected chi connectivity index (χ3v) is 2.78. The molecule has 2 N–H and O–H groups in total. The Hall–Kier alpha value is -1.75. The van der Waals surface area contributed by atoms with E-state index in [1.54, 1.807) is 19.2 Å². The molecule has 0 spiro atoms. The Kier molecular flexibility index (Phi) is 6.15. The first kappa shape index (κ1) is 15.3. The molecule has 0 saturated heterocycles. The second-order valence-electron chi connectivity index (χ2n) is 4.21. The van der Waals surface area contributed by atoms with Crippen molar-refractivity contribution < 1.29 is 14.7 Å². The molecule has 0 aliphatic heterocycles. The topological polar surface area (TPSA) is 69.6 Å². The zero-order valence-electron chi connectivity index (χ0n) is 10.7. The summed E-state index contributed by atoms with van der Waals surface area (Å²) in [5.41, 5.74) is 0.979. The third-order valence-electron chi connectivity index (χ3n) is 2.52. The molecule has 0 bridgehead atoms. The maximum Gasteiger partial charge on any atom is 0.317 e. The number of halogens is 1. The van der Waals surface area contributed by atoms with Gasteiger partial charge in [-0.3, -0.25) is 4.79 Å². The molecule has 1 rings (SSSR count). The number of amides is 2. The largest absolute Gasteiger partial charge is 0.481 e. The molecule has 19 heavy (non-hydrogen) atoms. The quantitative estimate of drug-likeness (QED) is 0.788. The van der Waals surface area contributed by atoms with Crippen LogP contribution < -0.4 is 5.32 Å². The minimum atomic E-state index is -0.858. The van der Waals surface area contributed by atoms with Gasteiger partial charge in [0.25, 0.3) is 0 Å². The van der Waals surface area contributed by atoms with Crippen LogP contribution in [0.15, 0.2) is 24.3 Å². The lowest BCUT2D eigenvalue weighted by atomic mass is 10.2. The van der Waals surface area contributed by atoms with E-state index >= 15 is 0 Å². The molecule has 2 amide bonds. The summed E-state index contributed by atoms with van der Waals surface area (Å²) < 4.78 is 0. The van der Waals surface area contributed by atoms with Gasteiger partial charge in [0.05, 0.1) is 0 Å². The van der Waals surface area contributed by atoms with Gasteiger partial charge in [0.2, 0.25) is 0 Å². The summed E-state index contributed by atoms with van der Waals surface area (Å²) >= 11 is 5.78. The number of hydrogen-bond acceptors (Lipinski definition) is 2. The molecular formula is C13H17ClN2O3. The highest BCUT2D eigenvalue weighted by atomic mass is 35.5. The van der Waals surface area contributed by atoms with Gasteiger partial charge in [0.1, 0.15) is 0 Å². The van der Waals surface area contributed by atoms with Gasteiger partial charge < -0.3 is 15.3 Å². The Morgan fingerprint density at radius 2 is 1.95 bits per heavy atom. The molecule has 0 aliphatic carbocycles. The van der Waals surface area contributed by atoms with E-state index in [1.807, 2.05) is 12.1 Å². The molecule has 0 unspecified atom stereocenters. The van der Waals surface area contributed by atoms with E-state index in [0.717, 1.165) is 5.56 Å².